The molecule has 1 aliphatic heterocycles. The summed E-state index contributed by atoms with van der Waals surface area (Å²) < 4.78 is 32.6. The Morgan fingerprint density at radius 1 is 1.36 bits per heavy atom. The molecule has 1 N–H and O–H groups in total. The molecule has 0 spiro atoms. The van der Waals surface area contributed by atoms with Crippen molar-refractivity contribution >= 4 is 16.0 Å². The molecule has 0 amide bonds. The normalized spacial score (nSPS) is 25.1. The maximum absolute atomic E-state index is 12.9. The number of rotatable bonds is 4. The van der Waals surface area contributed by atoms with Crippen LogP contribution in [-0.2, 0) is 10.0 Å². The van der Waals surface area contributed by atoms with Crippen LogP contribution in [0.1, 0.15) is 36.0 Å². The molecule has 7 heteroatoms. The van der Waals surface area contributed by atoms with E-state index in [0.29, 0.717) is 12.5 Å². The van der Waals surface area contributed by atoms with Crippen LogP contribution in [0.2, 0.25) is 0 Å². The van der Waals surface area contributed by atoms with E-state index in [9.17, 15) is 13.2 Å². The Labute approximate surface area is 129 Å². The quantitative estimate of drug-likeness (QED) is 0.915. The van der Waals surface area contributed by atoms with Crippen LogP contribution in [0.4, 0.5) is 0 Å². The molecule has 2 bridgehead atoms. The van der Waals surface area contributed by atoms with Gasteiger partial charge in [-0.3, -0.25) is 0 Å². The highest BCUT2D eigenvalue weighted by Gasteiger charge is 2.42. The molecule has 120 valence electrons. The van der Waals surface area contributed by atoms with Gasteiger partial charge >= 0.3 is 5.97 Å². The van der Waals surface area contributed by atoms with Gasteiger partial charge in [0.1, 0.15) is 10.6 Å². The molecule has 22 heavy (non-hydrogen) atoms. The fourth-order valence-corrected chi connectivity index (χ4v) is 5.41. The first-order chi connectivity index (χ1) is 10.4. The number of hydrogen-bond acceptors (Lipinski definition) is 4. The molecular weight excluding hydrogens is 306 g/mol. The fraction of sp³-hybridized carbons (Fsp3) is 0.533. The molecule has 0 radical (unpaired) electrons. The molecule has 1 aromatic rings. The topological polar surface area (TPSA) is 83.9 Å². The highest BCUT2D eigenvalue weighted by Crippen LogP contribution is 2.40. The number of methoxy groups -OCH3 is 1. The van der Waals surface area contributed by atoms with Crippen LogP contribution in [0, 0.1) is 5.92 Å². The zero-order chi connectivity index (χ0) is 15.9. The molecule has 1 saturated heterocycles. The average Bonchev–Trinajstić information content (AvgIpc) is 2.81. The van der Waals surface area contributed by atoms with Gasteiger partial charge in [0.15, 0.2) is 0 Å². The first-order valence-electron chi connectivity index (χ1n) is 7.36. The van der Waals surface area contributed by atoms with Gasteiger partial charge < -0.3 is 9.84 Å². The standard InChI is InChI=1S/C15H19NO5S/c1-21-13-8-11(15(17)18)5-6-14(13)22(19,20)16-9-10-3-2-4-12(16)7-10/h5-6,8,10,12H,2-4,7,9H2,1H3,(H,17,18). The zero-order valence-electron chi connectivity index (χ0n) is 12.4. The third-order valence-corrected chi connectivity index (χ3v) is 6.56. The van der Waals surface area contributed by atoms with Gasteiger partial charge in [-0.05, 0) is 43.4 Å². The summed E-state index contributed by atoms with van der Waals surface area (Å²) in [7, 11) is -2.31. The largest absolute Gasteiger partial charge is 0.495 e. The van der Waals surface area contributed by atoms with Gasteiger partial charge in [-0.25, -0.2) is 13.2 Å². The molecule has 2 unspecified atom stereocenters. The third kappa shape index (κ3) is 2.48. The molecule has 1 saturated carbocycles. The molecule has 6 nitrogen and oxygen atoms in total. The van der Waals surface area contributed by atoms with E-state index < -0.39 is 16.0 Å². The van der Waals surface area contributed by atoms with Crippen molar-refractivity contribution in [2.75, 3.05) is 13.7 Å². The van der Waals surface area contributed by atoms with Gasteiger partial charge in [0.05, 0.1) is 12.7 Å². The van der Waals surface area contributed by atoms with Crippen LogP contribution in [0.25, 0.3) is 0 Å². The Bertz CT molecular complexity index is 700. The Morgan fingerprint density at radius 3 is 2.77 bits per heavy atom. The van der Waals surface area contributed by atoms with E-state index in [-0.39, 0.29) is 22.3 Å². The number of sulfonamides is 1. The number of benzene rings is 1. The Balaban J connectivity index is 2.00. The van der Waals surface area contributed by atoms with Gasteiger partial charge in [0, 0.05) is 12.6 Å². The van der Waals surface area contributed by atoms with E-state index in [1.807, 2.05) is 0 Å². The van der Waals surface area contributed by atoms with E-state index in [4.69, 9.17) is 9.84 Å². The van der Waals surface area contributed by atoms with Crippen molar-refractivity contribution in [3.05, 3.63) is 23.8 Å². The minimum absolute atomic E-state index is 0.0102. The van der Waals surface area contributed by atoms with Crippen molar-refractivity contribution in [1.29, 1.82) is 0 Å². The van der Waals surface area contributed by atoms with E-state index in [1.165, 1.54) is 25.3 Å². The van der Waals surface area contributed by atoms with Crippen molar-refractivity contribution in [3.63, 3.8) is 0 Å². The fourth-order valence-electron chi connectivity index (χ4n) is 3.53. The summed E-state index contributed by atoms with van der Waals surface area (Å²) in [6, 6.07) is 3.96. The predicted molar refractivity (Wildman–Crippen MR) is 79.6 cm³/mol. The van der Waals surface area contributed by atoms with Crippen LogP contribution in [0.5, 0.6) is 5.75 Å². The number of aromatic carboxylic acids is 1. The molecule has 1 heterocycles. The van der Waals surface area contributed by atoms with Crippen molar-refractivity contribution < 1.29 is 23.1 Å². The molecule has 3 rings (SSSR count). The Hall–Kier alpha value is -1.60. The maximum Gasteiger partial charge on any atom is 0.335 e. The number of nitrogens with zero attached hydrogens (tertiary/aromatic N) is 1. The predicted octanol–water partition coefficient (Wildman–Crippen LogP) is 1.96. The highest BCUT2D eigenvalue weighted by atomic mass is 32.2. The van der Waals surface area contributed by atoms with Crippen LogP contribution < -0.4 is 4.74 Å². The van der Waals surface area contributed by atoms with Crippen LogP contribution in [-0.4, -0.2) is 43.5 Å². The second kappa shape index (κ2) is 5.55. The average molecular weight is 325 g/mol. The van der Waals surface area contributed by atoms with E-state index in [1.54, 1.807) is 4.31 Å². The molecule has 2 fully saturated rings. The van der Waals surface area contributed by atoms with Crippen molar-refractivity contribution in [2.24, 2.45) is 5.92 Å². The number of fused-ring (bicyclic) bond motifs is 2. The lowest BCUT2D eigenvalue weighted by molar-refractivity contribution is 0.0696. The van der Waals surface area contributed by atoms with Gasteiger partial charge in [-0.2, -0.15) is 4.31 Å². The SMILES string of the molecule is COc1cc(C(=O)O)ccc1S(=O)(=O)N1CC2CCCC1C2. The van der Waals surface area contributed by atoms with Gasteiger partial charge in [0.25, 0.3) is 0 Å². The van der Waals surface area contributed by atoms with Gasteiger partial charge in [-0.1, -0.05) is 6.42 Å². The summed E-state index contributed by atoms with van der Waals surface area (Å²) >= 11 is 0. The summed E-state index contributed by atoms with van der Waals surface area (Å²) in [5.41, 5.74) is 0.0102. The first kappa shape index (κ1) is 15.3. The minimum atomic E-state index is -3.66. The van der Waals surface area contributed by atoms with Crippen molar-refractivity contribution in [3.8, 4) is 5.75 Å². The molecule has 2 atom stereocenters. The maximum atomic E-state index is 12.9. The lowest BCUT2D eigenvalue weighted by atomic mass is 9.91. The minimum Gasteiger partial charge on any atom is -0.495 e. The van der Waals surface area contributed by atoms with Crippen molar-refractivity contribution in [1.82, 2.24) is 4.31 Å². The zero-order valence-corrected chi connectivity index (χ0v) is 13.2. The van der Waals surface area contributed by atoms with Gasteiger partial charge in [-0.15, -0.1) is 0 Å². The van der Waals surface area contributed by atoms with Crippen LogP contribution >= 0.6 is 0 Å². The second-order valence-corrected chi connectivity index (χ2v) is 7.79. The van der Waals surface area contributed by atoms with E-state index in [2.05, 4.69) is 0 Å². The van der Waals surface area contributed by atoms with Crippen LogP contribution in [0.15, 0.2) is 23.1 Å². The second-order valence-electron chi connectivity index (χ2n) is 5.93. The Morgan fingerprint density at radius 2 is 2.14 bits per heavy atom. The van der Waals surface area contributed by atoms with Crippen molar-refractivity contribution in [2.45, 2.75) is 36.6 Å². The Kier molecular flexibility index (Phi) is 3.86. The number of carboxylic acid groups (broad SMARTS) is 1. The summed E-state index contributed by atoms with van der Waals surface area (Å²) in [5.74, 6) is -0.585. The molecular formula is C15H19NO5S. The third-order valence-electron chi connectivity index (χ3n) is 4.60. The van der Waals surface area contributed by atoms with E-state index >= 15 is 0 Å². The number of carboxylic acids is 1. The molecule has 1 aromatic carbocycles. The summed E-state index contributed by atoms with van der Waals surface area (Å²) in [4.78, 5) is 11.1. The molecule has 1 aliphatic carbocycles. The lowest BCUT2D eigenvalue weighted by Crippen LogP contribution is -2.35. The smallest absolute Gasteiger partial charge is 0.335 e. The molecule has 2 aliphatic rings. The van der Waals surface area contributed by atoms with Crippen LogP contribution in [0.3, 0.4) is 0 Å². The monoisotopic (exact) mass is 325 g/mol. The highest BCUT2D eigenvalue weighted by molar-refractivity contribution is 7.89. The number of hydrogen-bond donors (Lipinski definition) is 1. The number of carbonyl (C=O) groups is 1. The number of ether oxygens (including phenoxy) is 1. The molecule has 0 aromatic heterocycles. The van der Waals surface area contributed by atoms with E-state index in [0.717, 1.165) is 25.7 Å². The summed E-state index contributed by atoms with van der Waals surface area (Å²) in [6.45, 7) is 0.552. The van der Waals surface area contributed by atoms with Gasteiger partial charge in [0.2, 0.25) is 10.0 Å². The first-order valence-corrected chi connectivity index (χ1v) is 8.80. The summed E-state index contributed by atoms with van der Waals surface area (Å²) in [6.07, 6.45) is 3.97. The lowest BCUT2D eigenvalue weighted by Gasteiger charge is -2.24. The summed E-state index contributed by atoms with van der Waals surface area (Å²) in [5, 5.41) is 9.02.